The summed E-state index contributed by atoms with van der Waals surface area (Å²) in [5, 5.41) is 21.9. The Hall–Kier alpha value is -2.20. The van der Waals surface area contributed by atoms with Gasteiger partial charge in [-0.1, -0.05) is 0 Å². The molecule has 2 fully saturated rings. The Morgan fingerprint density at radius 2 is 2.12 bits per heavy atom. The van der Waals surface area contributed by atoms with Gasteiger partial charge in [0.2, 0.25) is 0 Å². The van der Waals surface area contributed by atoms with E-state index in [1.165, 1.54) is 0 Å². The number of carbonyl (C=O) groups excluding carboxylic acids is 1. The molecule has 10 heteroatoms. The predicted molar refractivity (Wildman–Crippen MR) is 88.6 cm³/mol. The Bertz CT molecular complexity index is 718. The van der Waals surface area contributed by atoms with Crippen molar-refractivity contribution in [2.75, 3.05) is 12.4 Å². The van der Waals surface area contributed by atoms with E-state index < -0.39 is 27.2 Å². The molecular formula is C15H16N2O7S. The topological polar surface area (TPSA) is 122 Å². The molecule has 1 aliphatic heterocycles. The number of esters is 1. The minimum absolute atomic E-state index is 0.282. The number of rotatable bonds is 4. The van der Waals surface area contributed by atoms with E-state index in [0.29, 0.717) is 19.4 Å². The molecule has 1 saturated heterocycles. The summed E-state index contributed by atoms with van der Waals surface area (Å²) < 4.78 is 11.2. The van der Waals surface area contributed by atoms with Crippen molar-refractivity contribution in [3.8, 4) is 0 Å². The Morgan fingerprint density at radius 3 is 2.76 bits per heavy atom. The lowest BCUT2D eigenvalue weighted by Gasteiger charge is -2.35. The molecular weight excluding hydrogens is 352 g/mol. The molecule has 0 unspecified atom stereocenters. The van der Waals surface area contributed by atoms with Gasteiger partial charge in [0.1, 0.15) is 16.6 Å². The first-order chi connectivity index (χ1) is 11.9. The fourth-order valence-electron chi connectivity index (χ4n) is 3.18. The first-order valence-corrected chi connectivity index (χ1v) is 8.80. The van der Waals surface area contributed by atoms with Crippen molar-refractivity contribution in [2.24, 2.45) is 0 Å². The van der Waals surface area contributed by atoms with Crippen LogP contribution < -0.4 is 0 Å². The fourth-order valence-corrected chi connectivity index (χ4v) is 4.48. The van der Waals surface area contributed by atoms with E-state index in [0.717, 1.165) is 36.8 Å². The number of hydrogen-bond acceptors (Lipinski definition) is 8. The Morgan fingerprint density at radius 1 is 1.32 bits per heavy atom. The highest BCUT2D eigenvalue weighted by Crippen LogP contribution is 2.45. The van der Waals surface area contributed by atoms with E-state index in [4.69, 9.17) is 9.47 Å². The second-order valence-electron chi connectivity index (χ2n) is 5.95. The van der Waals surface area contributed by atoms with Crippen LogP contribution in [0.3, 0.4) is 0 Å². The number of nitrogens with zero attached hydrogens (tertiary/aromatic N) is 2. The minimum atomic E-state index is -0.841. The van der Waals surface area contributed by atoms with Crippen LogP contribution in [-0.4, -0.2) is 39.2 Å². The monoisotopic (exact) mass is 368 g/mol. The molecule has 25 heavy (non-hydrogen) atoms. The maximum Gasteiger partial charge on any atom is 0.345 e. The van der Waals surface area contributed by atoms with E-state index in [1.807, 2.05) is 0 Å². The van der Waals surface area contributed by atoms with Gasteiger partial charge in [0.25, 0.3) is 11.4 Å². The summed E-state index contributed by atoms with van der Waals surface area (Å²) in [4.78, 5) is 32.4. The zero-order chi connectivity index (χ0) is 18.0. The van der Waals surface area contributed by atoms with Crippen molar-refractivity contribution in [3.05, 3.63) is 44.0 Å². The summed E-state index contributed by atoms with van der Waals surface area (Å²) in [7, 11) is 0. The summed E-state index contributed by atoms with van der Waals surface area (Å²) >= 11 is 1.71. The number of nitro benzene ring substituents is 2. The van der Waals surface area contributed by atoms with Gasteiger partial charge in [-0.2, -0.15) is 0 Å². The molecule has 0 N–H and O–H groups in total. The average Bonchev–Trinajstić information content (AvgIpc) is 3.01. The third-order valence-corrected chi connectivity index (χ3v) is 5.70. The van der Waals surface area contributed by atoms with Gasteiger partial charge < -0.3 is 9.47 Å². The molecule has 1 aromatic carbocycles. The maximum atomic E-state index is 12.4. The second-order valence-corrected chi connectivity index (χ2v) is 7.39. The first kappa shape index (κ1) is 17.6. The highest BCUT2D eigenvalue weighted by Gasteiger charge is 2.42. The molecule has 1 aliphatic carbocycles. The largest absolute Gasteiger partial charge is 0.458 e. The molecule has 9 nitrogen and oxygen atoms in total. The summed E-state index contributed by atoms with van der Waals surface area (Å²) in [6.07, 6.45) is 2.56. The number of benzene rings is 1. The van der Waals surface area contributed by atoms with Crippen LogP contribution in [0.15, 0.2) is 18.2 Å². The lowest BCUT2D eigenvalue weighted by atomic mass is 9.94. The lowest BCUT2D eigenvalue weighted by molar-refractivity contribution is -0.394. The molecule has 3 rings (SSSR count). The molecule has 0 bridgehead atoms. The van der Waals surface area contributed by atoms with Gasteiger partial charge in [-0.25, -0.2) is 4.79 Å². The Kier molecular flexibility index (Phi) is 4.91. The molecule has 134 valence electrons. The average molecular weight is 368 g/mol. The molecule has 0 amide bonds. The van der Waals surface area contributed by atoms with Gasteiger partial charge in [0.05, 0.1) is 22.5 Å². The smallest absolute Gasteiger partial charge is 0.345 e. The molecule has 2 atom stereocenters. The van der Waals surface area contributed by atoms with E-state index >= 15 is 0 Å². The zero-order valence-electron chi connectivity index (χ0n) is 13.2. The van der Waals surface area contributed by atoms with Crippen molar-refractivity contribution < 1.29 is 24.1 Å². The third kappa shape index (κ3) is 3.74. The van der Waals surface area contributed by atoms with Crippen LogP contribution in [0.25, 0.3) is 0 Å². The number of carbonyl (C=O) groups is 1. The normalized spacial score (nSPS) is 25.7. The van der Waals surface area contributed by atoms with E-state index in [1.54, 1.807) is 11.8 Å². The van der Waals surface area contributed by atoms with Gasteiger partial charge in [0, 0.05) is 18.2 Å². The van der Waals surface area contributed by atoms with E-state index in [9.17, 15) is 25.0 Å². The van der Waals surface area contributed by atoms with E-state index in [2.05, 4.69) is 0 Å². The molecule has 0 aromatic heterocycles. The summed E-state index contributed by atoms with van der Waals surface area (Å²) in [6.45, 7) is 0.666. The Labute approximate surface area is 147 Å². The highest BCUT2D eigenvalue weighted by atomic mass is 32.2. The second kappa shape index (κ2) is 6.96. The van der Waals surface area contributed by atoms with Crippen LogP contribution >= 0.6 is 11.8 Å². The van der Waals surface area contributed by atoms with Crippen LogP contribution in [0.2, 0.25) is 0 Å². The maximum absolute atomic E-state index is 12.4. The summed E-state index contributed by atoms with van der Waals surface area (Å²) in [5.41, 5.74) is -1.36. The van der Waals surface area contributed by atoms with Crippen LogP contribution in [0.5, 0.6) is 0 Å². The SMILES string of the molecule is O=C(O[C@H]1CCC[C@@]2(C1)OCCS2)c1ccc([N+](=O)[O-])cc1[N+](=O)[O-]. The van der Waals surface area contributed by atoms with Gasteiger partial charge >= 0.3 is 5.97 Å². The van der Waals surface area contributed by atoms with Crippen LogP contribution in [0, 0.1) is 20.2 Å². The third-order valence-electron chi connectivity index (χ3n) is 4.32. The first-order valence-electron chi connectivity index (χ1n) is 7.82. The standard InChI is InChI=1S/C15H16N2O7S/c18-14(12-4-3-10(16(19)20)8-13(12)17(21)22)24-11-2-1-5-15(9-11)23-6-7-25-15/h3-4,8,11H,1-2,5-7,9H2/t11-,15+/m0/s1. The predicted octanol–water partition coefficient (Wildman–Crippen LogP) is 3.06. The van der Waals surface area contributed by atoms with Crippen LogP contribution in [-0.2, 0) is 9.47 Å². The van der Waals surface area contributed by atoms with Crippen molar-refractivity contribution in [3.63, 3.8) is 0 Å². The van der Waals surface area contributed by atoms with Gasteiger partial charge in [-0.05, 0) is 25.3 Å². The van der Waals surface area contributed by atoms with Crippen molar-refractivity contribution in [1.29, 1.82) is 0 Å². The molecule has 1 saturated carbocycles. The lowest BCUT2D eigenvalue weighted by Crippen LogP contribution is -2.36. The van der Waals surface area contributed by atoms with Gasteiger partial charge in [-0.15, -0.1) is 11.8 Å². The summed E-state index contributed by atoms with van der Waals surface area (Å²) in [5.74, 6) is 0.0562. The van der Waals surface area contributed by atoms with Crippen molar-refractivity contribution in [1.82, 2.24) is 0 Å². The van der Waals surface area contributed by atoms with Crippen LogP contribution in [0.1, 0.15) is 36.0 Å². The number of ether oxygens (including phenoxy) is 2. The number of non-ortho nitro benzene ring substituents is 1. The van der Waals surface area contributed by atoms with Crippen molar-refractivity contribution in [2.45, 2.75) is 36.7 Å². The molecule has 2 aliphatic rings. The van der Waals surface area contributed by atoms with E-state index in [-0.39, 0.29) is 16.6 Å². The fraction of sp³-hybridized carbons (Fsp3) is 0.533. The quantitative estimate of drug-likeness (QED) is 0.451. The highest BCUT2D eigenvalue weighted by molar-refractivity contribution is 8.00. The molecule has 1 aromatic rings. The molecule has 1 heterocycles. The molecule has 0 radical (unpaired) electrons. The number of nitro groups is 2. The van der Waals surface area contributed by atoms with Gasteiger partial charge in [-0.3, -0.25) is 20.2 Å². The van der Waals surface area contributed by atoms with Gasteiger partial charge in [0.15, 0.2) is 0 Å². The molecule has 1 spiro atoms. The van der Waals surface area contributed by atoms with Crippen molar-refractivity contribution >= 4 is 29.1 Å². The van der Waals surface area contributed by atoms with Crippen LogP contribution in [0.4, 0.5) is 11.4 Å². The summed E-state index contributed by atoms with van der Waals surface area (Å²) in [6, 6.07) is 2.90. The minimum Gasteiger partial charge on any atom is -0.458 e. The Balaban J connectivity index is 1.76. The zero-order valence-corrected chi connectivity index (χ0v) is 14.0. The number of hydrogen-bond donors (Lipinski definition) is 0. The number of thioether (sulfide) groups is 1.